The van der Waals surface area contributed by atoms with Crippen molar-refractivity contribution < 1.29 is 9.53 Å². The Morgan fingerprint density at radius 2 is 2.33 bits per heavy atom. The van der Waals surface area contributed by atoms with Crippen molar-refractivity contribution in [2.24, 2.45) is 0 Å². The van der Waals surface area contributed by atoms with Crippen LogP contribution in [0.4, 0.5) is 0 Å². The van der Waals surface area contributed by atoms with Crippen LogP contribution in [0, 0.1) is 0 Å². The molecule has 3 heteroatoms. The molecule has 3 nitrogen and oxygen atoms in total. The van der Waals surface area contributed by atoms with Gasteiger partial charge < -0.3 is 10.1 Å². The van der Waals surface area contributed by atoms with Gasteiger partial charge in [-0.15, -0.1) is 0 Å². The summed E-state index contributed by atoms with van der Waals surface area (Å²) in [6.07, 6.45) is 0.853. The van der Waals surface area contributed by atoms with Crippen molar-refractivity contribution in [2.75, 3.05) is 13.2 Å². The first-order chi connectivity index (χ1) is 5.66. The Kier molecular flexibility index (Phi) is 6.38. The van der Waals surface area contributed by atoms with Crippen LogP contribution >= 0.6 is 0 Å². The molecule has 0 aliphatic rings. The molecular formula is C9H17NO2. The summed E-state index contributed by atoms with van der Waals surface area (Å²) < 4.78 is 4.54. The Balaban J connectivity index is 3.25. The lowest BCUT2D eigenvalue weighted by Crippen LogP contribution is -2.24. The standard InChI is InChI=1S/C9H17NO2/c1-8(2)10-5-4-9(3)6-12-7-11/h7-8,10H,3-6H2,1-2H3. The van der Waals surface area contributed by atoms with E-state index in [0.29, 0.717) is 19.1 Å². The summed E-state index contributed by atoms with van der Waals surface area (Å²) in [5.74, 6) is 0. The third-order valence-electron chi connectivity index (χ3n) is 1.39. The molecule has 0 saturated carbocycles. The number of rotatable bonds is 7. The smallest absolute Gasteiger partial charge is 0.293 e. The summed E-state index contributed by atoms with van der Waals surface area (Å²) in [6, 6.07) is 0.491. The van der Waals surface area contributed by atoms with E-state index in [1.807, 2.05) is 0 Å². The first-order valence-electron chi connectivity index (χ1n) is 4.12. The Morgan fingerprint density at radius 1 is 1.67 bits per heavy atom. The van der Waals surface area contributed by atoms with Gasteiger partial charge >= 0.3 is 0 Å². The minimum atomic E-state index is 0.337. The molecule has 0 aliphatic carbocycles. The SMILES string of the molecule is C=C(CCNC(C)C)COC=O. The molecule has 0 aromatic carbocycles. The summed E-state index contributed by atoms with van der Waals surface area (Å²) >= 11 is 0. The minimum absolute atomic E-state index is 0.337. The molecule has 12 heavy (non-hydrogen) atoms. The zero-order valence-corrected chi connectivity index (χ0v) is 7.80. The molecule has 70 valence electrons. The van der Waals surface area contributed by atoms with E-state index in [0.717, 1.165) is 18.5 Å². The first-order valence-corrected chi connectivity index (χ1v) is 4.12. The molecule has 0 spiro atoms. The van der Waals surface area contributed by atoms with Gasteiger partial charge in [0.1, 0.15) is 6.61 Å². The average Bonchev–Trinajstić information content (AvgIpc) is 2.00. The number of nitrogens with one attached hydrogen (secondary N) is 1. The summed E-state index contributed by atoms with van der Waals surface area (Å²) in [5, 5.41) is 3.25. The van der Waals surface area contributed by atoms with Gasteiger partial charge in [0, 0.05) is 6.04 Å². The summed E-state index contributed by atoms with van der Waals surface area (Å²) in [7, 11) is 0. The molecule has 0 rings (SSSR count). The first kappa shape index (κ1) is 11.2. The summed E-state index contributed by atoms with van der Waals surface area (Å²) in [4.78, 5) is 9.81. The van der Waals surface area contributed by atoms with Gasteiger partial charge in [0.25, 0.3) is 6.47 Å². The second kappa shape index (κ2) is 6.85. The van der Waals surface area contributed by atoms with Crippen LogP contribution < -0.4 is 5.32 Å². The maximum Gasteiger partial charge on any atom is 0.293 e. The largest absolute Gasteiger partial charge is 0.463 e. The van der Waals surface area contributed by atoms with Crippen molar-refractivity contribution >= 4 is 6.47 Å². The van der Waals surface area contributed by atoms with Gasteiger partial charge in [0.05, 0.1) is 0 Å². The molecule has 0 aromatic rings. The molecule has 0 aromatic heterocycles. The zero-order valence-electron chi connectivity index (χ0n) is 7.80. The molecule has 0 aliphatic heterocycles. The van der Waals surface area contributed by atoms with Crippen LogP contribution in [0.15, 0.2) is 12.2 Å². The predicted molar refractivity (Wildman–Crippen MR) is 48.9 cm³/mol. The quantitative estimate of drug-likeness (QED) is 0.460. The molecule has 0 unspecified atom stereocenters. The molecule has 0 fully saturated rings. The Labute approximate surface area is 73.8 Å². The lowest BCUT2D eigenvalue weighted by atomic mass is 10.2. The van der Waals surface area contributed by atoms with Gasteiger partial charge in [0.2, 0.25) is 0 Å². The molecule has 1 N–H and O–H groups in total. The van der Waals surface area contributed by atoms with Crippen molar-refractivity contribution in [3.05, 3.63) is 12.2 Å². The van der Waals surface area contributed by atoms with E-state index in [1.54, 1.807) is 0 Å². The second-order valence-corrected chi connectivity index (χ2v) is 3.02. The van der Waals surface area contributed by atoms with Crippen LogP contribution in [0.25, 0.3) is 0 Å². The Hall–Kier alpha value is -0.830. The van der Waals surface area contributed by atoms with E-state index in [-0.39, 0.29) is 0 Å². The number of hydrogen-bond donors (Lipinski definition) is 1. The van der Waals surface area contributed by atoms with Crippen molar-refractivity contribution in [3.63, 3.8) is 0 Å². The fourth-order valence-electron chi connectivity index (χ4n) is 0.762. The van der Waals surface area contributed by atoms with Crippen molar-refractivity contribution in [1.29, 1.82) is 0 Å². The molecule has 0 radical (unpaired) electrons. The van der Waals surface area contributed by atoms with Gasteiger partial charge in [-0.2, -0.15) is 0 Å². The molecular weight excluding hydrogens is 154 g/mol. The summed E-state index contributed by atoms with van der Waals surface area (Å²) in [5.41, 5.74) is 0.940. The zero-order chi connectivity index (χ0) is 9.40. The van der Waals surface area contributed by atoms with Gasteiger partial charge in [-0.3, -0.25) is 4.79 Å². The maximum atomic E-state index is 9.81. The highest BCUT2D eigenvalue weighted by molar-refractivity contribution is 5.37. The third kappa shape index (κ3) is 7.28. The van der Waals surface area contributed by atoms with Crippen LogP contribution in [0.5, 0.6) is 0 Å². The van der Waals surface area contributed by atoms with Gasteiger partial charge in [-0.05, 0) is 18.5 Å². The van der Waals surface area contributed by atoms with Gasteiger partial charge in [-0.1, -0.05) is 20.4 Å². The van der Waals surface area contributed by atoms with Crippen LogP contribution in [-0.2, 0) is 9.53 Å². The van der Waals surface area contributed by atoms with Crippen LogP contribution in [-0.4, -0.2) is 25.7 Å². The van der Waals surface area contributed by atoms with E-state index in [4.69, 9.17) is 0 Å². The predicted octanol–water partition coefficient (Wildman–Crippen LogP) is 1.10. The fraction of sp³-hybridized carbons (Fsp3) is 0.667. The monoisotopic (exact) mass is 171 g/mol. The Bertz CT molecular complexity index is 143. The highest BCUT2D eigenvalue weighted by atomic mass is 16.5. The molecule has 0 amide bonds. The lowest BCUT2D eigenvalue weighted by molar-refractivity contribution is -0.127. The lowest BCUT2D eigenvalue weighted by Gasteiger charge is -2.08. The number of carbonyl (C=O) groups is 1. The number of hydrogen-bond acceptors (Lipinski definition) is 3. The van der Waals surface area contributed by atoms with Crippen molar-refractivity contribution in [3.8, 4) is 0 Å². The number of ether oxygens (including phenoxy) is 1. The van der Waals surface area contributed by atoms with E-state index >= 15 is 0 Å². The topological polar surface area (TPSA) is 38.3 Å². The van der Waals surface area contributed by atoms with E-state index < -0.39 is 0 Å². The van der Waals surface area contributed by atoms with Gasteiger partial charge in [0.15, 0.2) is 0 Å². The van der Waals surface area contributed by atoms with Crippen molar-refractivity contribution in [1.82, 2.24) is 5.32 Å². The van der Waals surface area contributed by atoms with Crippen LogP contribution in [0.2, 0.25) is 0 Å². The third-order valence-corrected chi connectivity index (χ3v) is 1.39. The van der Waals surface area contributed by atoms with Crippen LogP contribution in [0.1, 0.15) is 20.3 Å². The normalized spacial score (nSPS) is 9.92. The van der Waals surface area contributed by atoms with Gasteiger partial charge in [-0.25, -0.2) is 0 Å². The van der Waals surface area contributed by atoms with E-state index in [1.165, 1.54) is 0 Å². The van der Waals surface area contributed by atoms with Crippen LogP contribution in [0.3, 0.4) is 0 Å². The molecule has 0 bridgehead atoms. The molecule has 0 atom stereocenters. The van der Waals surface area contributed by atoms with E-state index in [9.17, 15) is 4.79 Å². The highest BCUT2D eigenvalue weighted by Gasteiger charge is 1.95. The highest BCUT2D eigenvalue weighted by Crippen LogP contribution is 1.96. The summed E-state index contributed by atoms with van der Waals surface area (Å²) in [6.45, 7) is 9.61. The molecule has 0 saturated heterocycles. The fourth-order valence-corrected chi connectivity index (χ4v) is 0.762. The van der Waals surface area contributed by atoms with Crippen molar-refractivity contribution in [2.45, 2.75) is 26.3 Å². The maximum absolute atomic E-state index is 9.81. The minimum Gasteiger partial charge on any atom is -0.463 e. The second-order valence-electron chi connectivity index (χ2n) is 3.02. The Morgan fingerprint density at radius 3 is 2.83 bits per heavy atom. The van der Waals surface area contributed by atoms with E-state index in [2.05, 4.69) is 30.5 Å². The molecule has 0 heterocycles. The number of carbonyl (C=O) groups excluding carboxylic acids is 1. The average molecular weight is 171 g/mol.